The van der Waals surface area contributed by atoms with Crippen LogP contribution in [0.25, 0.3) is 0 Å². The van der Waals surface area contributed by atoms with E-state index in [4.69, 9.17) is 10.7 Å². The Morgan fingerprint density at radius 1 is 1.33 bits per heavy atom. The van der Waals surface area contributed by atoms with Crippen molar-refractivity contribution in [1.82, 2.24) is 4.98 Å². The third kappa shape index (κ3) is 4.35. The van der Waals surface area contributed by atoms with Gasteiger partial charge in [0, 0.05) is 23.5 Å². The van der Waals surface area contributed by atoms with Crippen molar-refractivity contribution in [2.75, 3.05) is 11.9 Å². The third-order valence-corrected chi connectivity index (χ3v) is 5.54. The molecule has 0 fully saturated rings. The molecule has 3 rings (SSSR count). The Labute approximate surface area is 148 Å². The molecular weight excluding hydrogens is 316 g/mol. The van der Waals surface area contributed by atoms with Crippen LogP contribution in [0.3, 0.4) is 0 Å². The van der Waals surface area contributed by atoms with E-state index in [2.05, 4.69) is 36.3 Å². The van der Waals surface area contributed by atoms with Crippen molar-refractivity contribution in [3.63, 3.8) is 0 Å². The molecule has 0 atom stereocenters. The molecule has 3 N–H and O–H groups in total. The summed E-state index contributed by atoms with van der Waals surface area (Å²) in [5.74, 6) is 0.970. The summed E-state index contributed by atoms with van der Waals surface area (Å²) >= 11 is 1.85. The summed E-state index contributed by atoms with van der Waals surface area (Å²) in [6, 6.07) is 8.32. The highest BCUT2D eigenvalue weighted by Gasteiger charge is 2.14. The normalized spacial score (nSPS) is 14.7. The predicted octanol–water partition coefficient (Wildman–Crippen LogP) is 4.11. The fourth-order valence-corrected chi connectivity index (χ4v) is 4.09. The molecule has 0 saturated heterocycles. The Kier molecular flexibility index (Phi) is 5.51. The van der Waals surface area contributed by atoms with Crippen molar-refractivity contribution in [1.29, 1.82) is 0 Å². The van der Waals surface area contributed by atoms with E-state index in [1.807, 2.05) is 23.5 Å². The molecule has 4 nitrogen and oxygen atoms in total. The number of thiazole rings is 1. The zero-order valence-electron chi connectivity index (χ0n) is 14.5. The summed E-state index contributed by atoms with van der Waals surface area (Å²) in [6.07, 6.45) is 5.79. The van der Waals surface area contributed by atoms with Gasteiger partial charge in [-0.15, -0.1) is 11.3 Å². The summed E-state index contributed by atoms with van der Waals surface area (Å²) in [5.41, 5.74) is 9.62. The fourth-order valence-electron chi connectivity index (χ4n) is 2.95. The Morgan fingerprint density at radius 2 is 2.17 bits per heavy atom. The number of fused-ring (bicyclic) bond motifs is 1. The van der Waals surface area contributed by atoms with Crippen LogP contribution in [0.5, 0.6) is 0 Å². The van der Waals surface area contributed by atoms with Crippen LogP contribution in [0, 0.1) is 0 Å². The van der Waals surface area contributed by atoms with Crippen molar-refractivity contribution in [2.24, 2.45) is 10.7 Å². The lowest BCUT2D eigenvalue weighted by Gasteiger charge is -2.09. The van der Waals surface area contributed by atoms with Crippen LogP contribution in [-0.2, 0) is 19.3 Å². The van der Waals surface area contributed by atoms with Crippen LogP contribution < -0.4 is 11.1 Å². The van der Waals surface area contributed by atoms with Crippen LogP contribution in [-0.4, -0.2) is 17.5 Å². The van der Waals surface area contributed by atoms with Gasteiger partial charge in [-0.3, -0.25) is 4.99 Å². The quantitative estimate of drug-likeness (QED) is 0.635. The zero-order chi connectivity index (χ0) is 16.9. The lowest BCUT2D eigenvalue weighted by Crippen LogP contribution is -2.23. The minimum Gasteiger partial charge on any atom is -0.370 e. The summed E-state index contributed by atoms with van der Waals surface area (Å²) < 4.78 is 0. The molecule has 0 bridgehead atoms. The van der Waals surface area contributed by atoms with Gasteiger partial charge >= 0.3 is 0 Å². The standard InChI is InChI=1S/C19H26N4S/c1-13(2)14-6-5-7-15(12-14)22-19(20)21-11-10-18-23-16-8-3-4-9-17(16)24-18/h5-7,12-13H,3-4,8-11H2,1-2H3,(H3,20,21,22). The number of guanidine groups is 1. The van der Waals surface area contributed by atoms with Crippen LogP contribution in [0.1, 0.15) is 53.7 Å². The number of anilines is 1. The molecule has 1 aliphatic carbocycles. The second-order valence-electron chi connectivity index (χ2n) is 6.61. The number of benzene rings is 1. The molecule has 1 aliphatic rings. The van der Waals surface area contributed by atoms with Gasteiger partial charge in [-0.25, -0.2) is 4.98 Å². The molecule has 0 aliphatic heterocycles. The average Bonchev–Trinajstić information content (AvgIpc) is 2.97. The first-order valence-corrected chi connectivity index (χ1v) is 9.58. The van der Waals surface area contributed by atoms with Gasteiger partial charge in [0.2, 0.25) is 0 Å². The van der Waals surface area contributed by atoms with E-state index >= 15 is 0 Å². The van der Waals surface area contributed by atoms with E-state index in [0.29, 0.717) is 18.4 Å². The number of nitrogens with two attached hydrogens (primary N) is 1. The topological polar surface area (TPSA) is 63.3 Å². The first kappa shape index (κ1) is 17.0. The van der Waals surface area contributed by atoms with Gasteiger partial charge in [-0.1, -0.05) is 26.0 Å². The Hall–Kier alpha value is -1.88. The van der Waals surface area contributed by atoms with E-state index in [0.717, 1.165) is 18.5 Å². The monoisotopic (exact) mass is 342 g/mol. The molecule has 1 heterocycles. The molecule has 2 aromatic rings. The molecule has 0 unspecified atom stereocenters. The van der Waals surface area contributed by atoms with Crippen LogP contribution in [0.4, 0.5) is 5.69 Å². The molecule has 1 aromatic carbocycles. The van der Waals surface area contributed by atoms with E-state index < -0.39 is 0 Å². The highest BCUT2D eigenvalue weighted by Crippen LogP contribution is 2.26. The maximum atomic E-state index is 6.02. The van der Waals surface area contributed by atoms with Crippen LogP contribution >= 0.6 is 11.3 Å². The van der Waals surface area contributed by atoms with Gasteiger partial charge < -0.3 is 11.1 Å². The van der Waals surface area contributed by atoms with Gasteiger partial charge in [-0.2, -0.15) is 0 Å². The van der Waals surface area contributed by atoms with Gasteiger partial charge in [0.15, 0.2) is 5.96 Å². The summed E-state index contributed by atoms with van der Waals surface area (Å²) in [6.45, 7) is 5.05. The van der Waals surface area contributed by atoms with Crippen molar-refractivity contribution in [3.05, 3.63) is 45.4 Å². The van der Waals surface area contributed by atoms with Gasteiger partial charge in [0.25, 0.3) is 0 Å². The number of aliphatic imine (C=N–C) groups is 1. The first-order chi connectivity index (χ1) is 11.6. The number of nitrogens with zero attached hydrogens (tertiary/aromatic N) is 2. The maximum Gasteiger partial charge on any atom is 0.193 e. The minimum atomic E-state index is 0.470. The summed E-state index contributed by atoms with van der Waals surface area (Å²) in [5, 5.41) is 4.38. The Balaban J connectivity index is 1.54. The lowest BCUT2D eigenvalue weighted by molar-refractivity contribution is 0.680. The number of hydrogen-bond donors (Lipinski definition) is 2. The van der Waals surface area contributed by atoms with Gasteiger partial charge in [0.05, 0.1) is 10.7 Å². The number of rotatable bonds is 5. The van der Waals surface area contributed by atoms with E-state index in [-0.39, 0.29) is 0 Å². The molecule has 0 spiro atoms. The van der Waals surface area contributed by atoms with Crippen LogP contribution in [0.2, 0.25) is 0 Å². The Bertz CT molecular complexity index is 694. The minimum absolute atomic E-state index is 0.470. The van der Waals surface area contributed by atoms with Crippen molar-refractivity contribution >= 4 is 23.0 Å². The van der Waals surface area contributed by atoms with E-state index in [1.165, 1.54) is 40.4 Å². The second kappa shape index (κ2) is 7.79. The molecular formula is C19H26N4S. The number of hydrogen-bond acceptors (Lipinski definition) is 3. The summed E-state index contributed by atoms with van der Waals surface area (Å²) in [7, 11) is 0. The summed E-state index contributed by atoms with van der Waals surface area (Å²) in [4.78, 5) is 10.7. The highest BCUT2D eigenvalue weighted by atomic mass is 32.1. The highest BCUT2D eigenvalue weighted by molar-refractivity contribution is 7.11. The largest absolute Gasteiger partial charge is 0.370 e. The van der Waals surface area contributed by atoms with E-state index in [1.54, 1.807) is 0 Å². The van der Waals surface area contributed by atoms with Crippen molar-refractivity contribution < 1.29 is 0 Å². The number of nitrogens with one attached hydrogen (secondary N) is 1. The third-order valence-electron chi connectivity index (χ3n) is 4.32. The number of aryl methyl sites for hydroxylation is 2. The molecule has 1 aromatic heterocycles. The van der Waals surface area contributed by atoms with Gasteiger partial charge in [-0.05, 0) is 49.3 Å². The van der Waals surface area contributed by atoms with Crippen LogP contribution in [0.15, 0.2) is 29.3 Å². The zero-order valence-corrected chi connectivity index (χ0v) is 15.3. The second-order valence-corrected chi connectivity index (χ2v) is 7.77. The predicted molar refractivity (Wildman–Crippen MR) is 103 cm³/mol. The van der Waals surface area contributed by atoms with Gasteiger partial charge in [0.1, 0.15) is 0 Å². The number of aromatic nitrogens is 1. The molecule has 0 amide bonds. The maximum absolute atomic E-state index is 6.02. The lowest BCUT2D eigenvalue weighted by atomic mass is 10.0. The molecule has 5 heteroatoms. The smallest absolute Gasteiger partial charge is 0.193 e. The van der Waals surface area contributed by atoms with Crippen molar-refractivity contribution in [3.8, 4) is 0 Å². The molecule has 0 saturated carbocycles. The Morgan fingerprint density at radius 3 is 2.96 bits per heavy atom. The molecule has 128 valence electrons. The SMILES string of the molecule is CC(C)c1cccc(NC(N)=NCCc2nc3c(s2)CCCC3)c1. The van der Waals surface area contributed by atoms with Crippen molar-refractivity contribution in [2.45, 2.75) is 51.9 Å². The average molecular weight is 343 g/mol. The van der Waals surface area contributed by atoms with E-state index in [9.17, 15) is 0 Å². The molecule has 24 heavy (non-hydrogen) atoms. The first-order valence-electron chi connectivity index (χ1n) is 8.76. The molecule has 0 radical (unpaired) electrons. The fraction of sp³-hybridized carbons (Fsp3) is 0.474.